The lowest BCUT2D eigenvalue weighted by atomic mass is 10.2. The Morgan fingerprint density at radius 1 is 1.15 bits per heavy atom. The summed E-state index contributed by atoms with van der Waals surface area (Å²) < 4.78 is 1.42. The van der Waals surface area contributed by atoms with Crippen molar-refractivity contribution in [3.05, 3.63) is 96.7 Å². The lowest BCUT2D eigenvalue weighted by Gasteiger charge is -2.15. The molecule has 1 amide bonds. The number of benzene rings is 3. The summed E-state index contributed by atoms with van der Waals surface area (Å²) in [5.74, 6) is -0.656. The summed E-state index contributed by atoms with van der Waals surface area (Å²) in [6.45, 7) is 1.79. The minimum atomic E-state index is -0.626. The van der Waals surface area contributed by atoms with Crippen LogP contribution in [0, 0.1) is 17.0 Å². The van der Waals surface area contributed by atoms with E-state index in [-0.39, 0.29) is 32.9 Å². The van der Waals surface area contributed by atoms with Crippen LogP contribution < -0.4 is 10.9 Å². The van der Waals surface area contributed by atoms with Gasteiger partial charge in [-0.1, -0.05) is 53.2 Å². The molecule has 0 aliphatic heterocycles. The topological polar surface area (TPSA) is 107 Å². The maximum absolute atomic E-state index is 13.4. The molecular formula is C23H16Cl2N4O4S. The van der Waals surface area contributed by atoms with Gasteiger partial charge in [0, 0.05) is 16.1 Å². The van der Waals surface area contributed by atoms with E-state index in [1.165, 1.54) is 16.7 Å². The number of anilines is 1. The van der Waals surface area contributed by atoms with Crippen LogP contribution in [0.4, 0.5) is 11.4 Å². The molecule has 0 spiro atoms. The van der Waals surface area contributed by atoms with Crippen LogP contribution in [-0.2, 0) is 4.79 Å². The van der Waals surface area contributed by atoms with Gasteiger partial charge < -0.3 is 5.32 Å². The van der Waals surface area contributed by atoms with Crippen molar-refractivity contribution < 1.29 is 9.72 Å². The molecule has 0 unspecified atom stereocenters. The van der Waals surface area contributed by atoms with Gasteiger partial charge in [0.25, 0.3) is 11.2 Å². The molecule has 0 saturated heterocycles. The molecule has 3 aromatic carbocycles. The van der Waals surface area contributed by atoms with Crippen molar-refractivity contribution in [1.29, 1.82) is 0 Å². The van der Waals surface area contributed by atoms with E-state index in [0.717, 1.165) is 17.8 Å². The van der Waals surface area contributed by atoms with Crippen LogP contribution in [0.25, 0.3) is 16.6 Å². The fourth-order valence-corrected chi connectivity index (χ4v) is 4.48. The molecule has 8 nitrogen and oxygen atoms in total. The van der Waals surface area contributed by atoms with Crippen molar-refractivity contribution in [3.8, 4) is 5.69 Å². The zero-order valence-corrected chi connectivity index (χ0v) is 19.9. The zero-order valence-electron chi connectivity index (χ0n) is 17.6. The number of aromatic nitrogens is 2. The van der Waals surface area contributed by atoms with Crippen molar-refractivity contribution in [2.24, 2.45) is 0 Å². The minimum absolute atomic E-state index is 0.0227. The number of nitro benzene ring substituents is 1. The second-order valence-corrected chi connectivity index (χ2v) is 8.98. The normalized spacial score (nSPS) is 10.9. The highest BCUT2D eigenvalue weighted by atomic mass is 35.5. The minimum Gasteiger partial charge on any atom is -0.320 e. The van der Waals surface area contributed by atoms with Crippen LogP contribution in [-0.4, -0.2) is 26.1 Å². The van der Waals surface area contributed by atoms with Gasteiger partial charge in [-0.05, 0) is 48.9 Å². The second-order valence-electron chi connectivity index (χ2n) is 7.19. The number of nitro groups is 1. The summed E-state index contributed by atoms with van der Waals surface area (Å²) in [4.78, 5) is 41.3. The Kier molecular flexibility index (Phi) is 6.87. The maximum Gasteiger partial charge on any atom is 0.294 e. The summed E-state index contributed by atoms with van der Waals surface area (Å²) in [6, 6.07) is 16.1. The van der Waals surface area contributed by atoms with Crippen LogP contribution in [0.1, 0.15) is 5.56 Å². The SMILES string of the molecule is Cc1c(Cl)cccc1-n1c(SCC(=O)Nc2ccc(Cl)cc2[N+](=O)[O-])nc2ccccc2c1=O. The Balaban J connectivity index is 1.70. The standard InChI is InChI=1S/C23H16Cl2N4O4S/c1-13-16(25)6-4-8-19(13)28-22(31)15-5-2-3-7-17(15)27-23(28)34-12-21(30)26-18-10-9-14(24)11-20(18)29(32)33/h2-11H,12H2,1H3,(H,26,30). The highest BCUT2D eigenvalue weighted by molar-refractivity contribution is 7.99. The summed E-state index contributed by atoms with van der Waals surface area (Å²) in [5, 5.41) is 15.2. The quantitative estimate of drug-likeness (QED) is 0.154. The van der Waals surface area contributed by atoms with Crippen molar-refractivity contribution >= 4 is 63.1 Å². The number of fused-ring (bicyclic) bond motifs is 1. The summed E-state index contributed by atoms with van der Waals surface area (Å²) in [6.07, 6.45) is 0. The molecule has 4 rings (SSSR count). The van der Waals surface area contributed by atoms with Crippen LogP contribution >= 0.6 is 35.0 Å². The Morgan fingerprint density at radius 3 is 2.68 bits per heavy atom. The van der Waals surface area contributed by atoms with Gasteiger partial charge in [-0.15, -0.1) is 0 Å². The molecule has 0 saturated carbocycles. The molecule has 172 valence electrons. The number of carbonyl (C=O) groups excluding carboxylic acids is 1. The van der Waals surface area contributed by atoms with Crippen LogP contribution in [0.3, 0.4) is 0 Å². The lowest BCUT2D eigenvalue weighted by molar-refractivity contribution is -0.383. The number of thioether (sulfide) groups is 1. The summed E-state index contributed by atoms with van der Waals surface area (Å²) in [7, 11) is 0. The Labute approximate surface area is 207 Å². The third-order valence-electron chi connectivity index (χ3n) is 4.99. The van der Waals surface area contributed by atoms with Gasteiger partial charge in [0.15, 0.2) is 5.16 Å². The van der Waals surface area contributed by atoms with Gasteiger partial charge in [0.05, 0.1) is 27.3 Å². The van der Waals surface area contributed by atoms with E-state index in [1.807, 2.05) is 0 Å². The number of rotatable bonds is 6. The fraction of sp³-hybridized carbons (Fsp3) is 0.0870. The molecule has 0 atom stereocenters. The first-order valence-electron chi connectivity index (χ1n) is 9.90. The zero-order chi connectivity index (χ0) is 24.4. The first kappa shape index (κ1) is 23.7. The molecule has 11 heteroatoms. The number of hydrogen-bond acceptors (Lipinski definition) is 6. The maximum atomic E-state index is 13.4. The van der Waals surface area contributed by atoms with Crippen molar-refractivity contribution in [2.75, 3.05) is 11.1 Å². The van der Waals surface area contributed by atoms with Crippen molar-refractivity contribution in [2.45, 2.75) is 12.1 Å². The van der Waals surface area contributed by atoms with Gasteiger partial charge in [-0.3, -0.25) is 24.3 Å². The number of hydrogen-bond donors (Lipinski definition) is 1. The Bertz CT molecular complexity index is 1510. The summed E-state index contributed by atoms with van der Waals surface area (Å²) >= 11 is 13.1. The Morgan fingerprint density at radius 2 is 1.91 bits per heavy atom. The van der Waals surface area contributed by atoms with Gasteiger partial charge in [0.2, 0.25) is 5.91 Å². The van der Waals surface area contributed by atoms with Gasteiger partial charge in [-0.2, -0.15) is 0 Å². The highest BCUT2D eigenvalue weighted by Gasteiger charge is 2.19. The molecule has 0 aliphatic carbocycles. The molecule has 0 radical (unpaired) electrons. The lowest BCUT2D eigenvalue weighted by Crippen LogP contribution is -2.23. The third kappa shape index (κ3) is 4.77. The number of para-hydroxylation sites is 1. The summed E-state index contributed by atoms with van der Waals surface area (Å²) in [5.41, 5.74) is 1.13. The molecule has 0 aliphatic rings. The van der Waals surface area contributed by atoms with E-state index in [1.54, 1.807) is 49.4 Å². The van der Waals surface area contributed by atoms with Crippen molar-refractivity contribution in [3.63, 3.8) is 0 Å². The van der Waals surface area contributed by atoms with E-state index >= 15 is 0 Å². The van der Waals surface area contributed by atoms with E-state index in [0.29, 0.717) is 27.2 Å². The van der Waals surface area contributed by atoms with E-state index in [9.17, 15) is 19.7 Å². The third-order valence-corrected chi connectivity index (χ3v) is 6.57. The fourth-order valence-electron chi connectivity index (χ4n) is 3.34. The number of halogens is 2. The molecule has 0 bridgehead atoms. The first-order chi connectivity index (χ1) is 16.3. The van der Waals surface area contributed by atoms with Crippen LogP contribution in [0.15, 0.2) is 70.6 Å². The number of nitrogens with one attached hydrogen (secondary N) is 1. The predicted octanol–water partition coefficient (Wildman–Crippen LogP) is 5.64. The number of carbonyl (C=O) groups is 1. The highest BCUT2D eigenvalue weighted by Crippen LogP contribution is 2.29. The average molecular weight is 515 g/mol. The molecule has 4 aromatic rings. The predicted molar refractivity (Wildman–Crippen MR) is 135 cm³/mol. The second kappa shape index (κ2) is 9.84. The van der Waals surface area contributed by atoms with Gasteiger partial charge in [0.1, 0.15) is 5.69 Å². The Hall–Kier alpha value is -3.40. The van der Waals surface area contributed by atoms with E-state index < -0.39 is 10.8 Å². The average Bonchev–Trinajstić information content (AvgIpc) is 2.81. The van der Waals surface area contributed by atoms with Crippen LogP contribution in [0.2, 0.25) is 10.0 Å². The number of amides is 1. The van der Waals surface area contributed by atoms with Crippen molar-refractivity contribution in [1.82, 2.24) is 9.55 Å². The number of nitrogens with zero attached hydrogens (tertiary/aromatic N) is 3. The molecular weight excluding hydrogens is 499 g/mol. The largest absolute Gasteiger partial charge is 0.320 e. The van der Waals surface area contributed by atoms with Crippen LogP contribution in [0.5, 0.6) is 0 Å². The molecule has 1 heterocycles. The molecule has 0 fully saturated rings. The molecule has 1 aromatic heterocycles. The monoisotopic (exact) mass is 514 g/mol. The van der Waals surface area contributed by atoms with E-state index in [2.05, 4.69) is 10.3 Å². The molecule has 34 heavy (non-hydrogen) atoms. The smallest absolute Gasteiger partial charge is 0.294 e. The van der Waals surface area contributed by atoms with E-state index in [4.69, 9.17) is 23.2 Å². The van der Waals surface area contributed by atoms with Gasteiger partial charge in [-0.25, -0.2) is 4.98 Å². The molecule has 1 N–H and O–H groups in total. The van der Waals surface area contributed by atoms with Gasteiger partial charge >= 0.3 is 0 Å². The first-order valence-corrected chi connectivity index (χ1v) is 11.6.